The fourth-order valence-corrected chi connectivity index (χ4v) is 3.41. The zero-order valence-electron chi connectivity index (χ0n) is 18.8. The Morgan fingerprint density at radius 1 is 1.09 bits per heavy atom. The minimum absolute atomic E-state index is 0.0701. The number of carboxylic acids is 2. The lowest BCUT2D eigenvalue weighted by molar-refractivity contribution is -0.167. The highest BCUT2D eigenvalue weighted by atomic mass is 16.4. The van der Waals surface area contributed by atoms with Crippen molar-refractivity contribution in [2.24, 2.45) is 16.7 Å². The maximum absolute atomic E-state index is 13.1. The number of nitrogens with one attached hydrogen (secondary N) is 1. The number of hydrogen-bond donors (Lipinski definition) is 5. The van der Waals surface area contributed by atoms with Crippen LogP contribution in [0.3, 0.4) is 0 Å². The molecule has 11 nitrogen and oxygen atoms in total. The van der Waals surface area contributed by atoms with Gasteiger partial charge >= 0.3 is 11.9 Å². The predicted octanol–water partition coefficient (Wildman–Crippen LogP) is 0.976. The van der Waals surface area contributed by atoms with Crippen molar-refractivity contribution < 1.29 is 29.4 Å². The third-order valence-electron chi connectivity index (χ3n) is 5.26. The van der Waals surface area contributed by atoms with E-state index in [1.54, 1.807) is 18.2 Å². The number of unbranched alkanes of at least 4 members (excludes halogenated alkanes) is 4. The van der Waals surface area contributed by atoms with E-state index in [1.807, 2.05) is 0 Å². The summed E-state index contributed by atoms with van der Waals surface area (Å²) in [6.45, 7) is 1.96. The van der Waals surface area contributed by atoms with Crippen LogP contribution in [0.5, 0.6) is 0 Å². The van der Waals surface area contributed by atoms with Gasteiger partial charge in [-0.15, -0.1) is 0 Å². The highest BCUT2D eigenvalue weighted by Gasteiger charge is 2.48. The van der Waals surface area contributed by atoms with Gasteiger partial charge in [-0.3, -0.25) is 19.3 Å². The number of aliphatic carboxylic acids is 2. The van der Waals surface area contributed by atoms with Crippen molar-refractivity contribution in [3.63, 3.8) is 0 Å². The summed E-state index contributed by atoms with van der Waals surface area (Å²) in [6.07, 6.45) is 4.40. The van der Waals surface area contributed by atoms with Gasteiger partial charge in [-0.1, -0.05) is 49.6 Å². The Morgan fingerprint density at radius 3 is 2.27 bits per heavy atom. The summed E-state index contributed by atoms with van der Waals surface area (Å²) in [5.41, 5.74) is 3.90. The molecule has 7 N–H and O–H groups in total. The molecule has 1 aromatic rings. The summed E-state index contributed by atoms with van der Waals surface area (Å²) in [5, 5.41) is 25.3. The number of rotatable bonds is 15. The number of hydrazone groups is 1. The minimum Gasteiger partial charge on any atom is -0.481 e. The van der Waals surface area contributed by atoms with Crippen LogP contribution in [0.4, 0.5) is 0 Å². The molecule has 1 rings (SSSR count). The van der Waals surface area contributed by atoms with Crippen LogP contribution in [0.2, 0.25) is 0 Å². The quantitative estimate of drug-likeness (QED) is 0.0830. The van der Waals surface area contributed by atoms with Gasteiger partial charge in [0.2, 0.25) is 11.8 Å². The van der Waals surface area contributed by atoms with Gasteiger partial charge in [-0.25, -0.2) is 4.79 Å². The first-order valence-corrected chi connectivity index (χ1v) is 10.7. The maximum atomic E-state index is 13.1. The van der Waals surface area contributed by atoms with E-state index >= 15 is 0 Å². The predicted molar refractivity (Wildman–Crippen MR) is 122 cm³/mol. The first kappa shape index (κ1) is 27.6. The lowest BCUT2D eigenvalue weighted by atomic mass is 9.88. The Morgan fingerprint density at radius 2 is 1.70 bits per heavy atom. The number of carboxylic acid groups (broad SMARTS) is 2. The van der Waals surface area contributed by atoms with Crippen molar-refractivity contribution in [1.82, 2.24) is 10.2 Å². The monoisotopic (exact) mass is 463 g/mol. The molecule has 0 saturated heterocycles. The van der Waals surface area contributed by atoms with Crippen LogP contribution >= 0.6 is 0 Å². The molecule has 0 aliphatic heterocycles. The molecule has 0 heterocycles. The fourth-order valence-electron chi connectivity index (χ4n) is 3.41. The van der Waals surface area contributed by atoms with Crippen molar-refractivity contribution in [3.8, 4) is 0 Å². The number of imide groups is 1. The average Bonchev–Trinajstić information content (AvgIpc) is 2.77. The zero-order chi connectivity index (χ0) is 24.9. The van der Waals surface area contributed by atoms with Crippen LogP contribution in [-0.4, -0.2) is 57.8 Å². The number of carbonyl (C=O) groups is 4. The molecule has 33 heavy (non-hydrogen) atoms. The van der Waals surface area contributed by atoms with E-state index < -0.39 is 41.8 Å². The normalized spacial score (nSPS) is 13.8. The highest BCUT2D eigenvalue weighted by Crippen LogP contribution is 2.31. The highest BCUT2D eigenvalue weighted by molar-refractivity contribution is 6.03. The molecular weight excluding hydrogens is 430 g/mol. The molecule has 0 unspecified atom stereocenters. The second-order valence-electron chi connectivity index (χ2n) is 7.77. The van der Waals surface area contributed by atoms with Gasteiger partial charge < -0.3 is 27.1 Å². The van der Waals surface area contributed by atoms with Crippen LogP contribution < -0.4 is 16.9 Å². The van der Waals surface area contributed by atoms with E-state index in [0.29, 0.717) is 17.7 Å². The number of nitrogens with two attached hydrogens (primary N) is 2. The van der Waals surface area contributed by atoms with E-state index in [4.69, 9.17) is 16.7 Å². The van der Waals surface area contributed by atoms with Gasteiger partial charge in [0, 0.05) is 13.0 Å². The topological polar surface area (TPSA) is 188 Å². The molecule has 0 aliphatic carbocycles. The Kier molecular flexibility index (Phi) is 11.6. The summed E-state index contributed by atoms with van der Waals surface area (Å²) < 4.78 is 0. The minimum atomic E-state index is -2.04. The molecule has 0 spiro atoms. The standard InChI is InChI=1S/C22H33N5O6/c1-22(21(32)33,16-10-6-5-7-11-16)27(20(31)17(23)14-19(29)30)18(28)12-8-3-2-4-9-13-25-15-26-24/h5-7,10-11,15,17H,2-4,8-9,12-14,23-24H2,1H3,(H,25,26)(H,29,30)(H,32,33)/t17-,22+/m0/s1. The van der Waals surface area contributed by atoms with E-state index in [1.165, 1.54) is 25.4 Å². The van der Waals surface area contributed by atoms with Gasteiger partial charge in [0.1, 0.15) is 6.34 Å². The molecule has 0 fully saturated rings. The van der Waals surface area contributed by atoms with Crippen LogP contribution in [0, 0.1) is 0 Å². The summed E-state index contributed by atoms with van der Waals surface area (Å²) in [4.78, 5) is 50.1. The van der Waals surface area contributed by atoms with Crippen LogP contribution in [0.25, 0.3) is 0 Å². The molecule has 2 amide bonds. The molecule has 182 valence electrons. The summed E-state index contributed by atoms with van der Waals surface area (Å²) in [7, 11) is 0. The van der Waals surface area contributed by atoms with Crippen molar-refractivity contribution in [1.29, 1.82) is 0 Å². The lowest BCUT2D eigenvalue weighted by Crippen LogP contribution is -2.59. The van der Waals surface area contributed by atoms with E-state index in [2.05, 4.69) is 10.4 Å². The molecule has 11 heteroatoms. The maximum Gasteiger partial charge on any atom is 0.334 e. The van der Waals surface area contributed by atoms with Gasteiger partial charge in [0.15, 0.2) is 5.54 Å². The van der Waals surface area contributed by atoms with Gasteiger partial charge in [-0.05, 0) is 25.3 Å². The number of nitrogens with zero attached hydrogens (tertiary/aromatic N) is 2. The number of carbonyl (C=O) groups excluding carboxylic acids is 2. The largest absolute Gasteiger partial charge is 0.481 e. The van der Waals surface area contributed by atoms with Gasteiger partial charge in [0.25, 0.3) is 0 Å². The number of amides is 2. The molecule has 0 aliphatic rings. The van der Waals surface area contributed by atoms with E-state index in [9.17, 15) is 24.3 Å². The molecule has 0 saturated carbocycles. The van der Waals surface area contributed by atoms with Crippen molar-refractivity contribution in [2.45, 2.75) is 63.5 Å². The average molecular weight is 464 g/mol. The lowest BCUT2D eigenvalue weighted by Gasteiger charge is -2.38. The second-order valence-corrected chi connectivity index (χ2v) is 7.77. The first-order chi connectivity index (χ1) is 15.7. The van der Waals surface area contributed by atoms with Crippen molar-refractivity contribution >= 4 is 30.1 Å². The number of hydrogen-bond acceptors (Lipinski definition) is 7. The van der Waals surface area contributed by atoms with Crippen LogP contribution in [-0.2, 0) is 24.7 Å². The molecule has 0 radical (unpaired) electrons. The van der Waals surface area contributed by atoms with E-state index in [-0.39, 0.29) is 12.0 Å². The third-order valence-corrected chi connectivity index (χ3v) is 5.26. The Labute approximate surface area is 192 Å². The summed E-state index contributed by atoms with van der Waals surface area (Å²) in [6, 6.07) is 6.29. The third kappa shape index (κ3) is 8.19. The smallest absolute Gasteiger partial charge is 0.334 e. The molecule has 1 aromatic carbocycles. The van der Waals surface area contributed by atoms with Crippen molar-refractivity contribution in [2.75, 3.05) is 6.54 Å². The summed E-state index contributed by atoms with van der Waals surface area (Å²) >= 11 is 0. The van der Waals surface area contributed by atoms with E-state index in [0.717, 1.165) is 25.8 Å². The Bertz CT molecular complexity index is 832. The summed E-state index contributed by atoms with van der Waals surface area (Å²) in [5.74, 6) is 0.483. The van der Waals surface area contributed by atoms with Gasteiger partial charge in [0.05, 0.1) is 12.5 Å². The molecule has 2 atom stereocenters. The number of benzene rings is 1. The SMILES string of the molecule is C[C@](C(=O)O)(c1ccccc1)N(C(=O)CCCCCCCNC=NN)C(=O)[C@@H](N)CC(=O)O. The molecule has 0 bridgehead atoms. The van der Waals surface area contributed by atoms with Gasteiger partial charge in [-0.2, -0.15) is 5.10 Å². The first-order valence-electron chi connectivity index (χ1n) is 10.7. The zero-order valence-corrected chi connectivity index (χ0v) is 18.8. The Hall–Kier alpha value is -3.47. The van der Waals surface area contributed by atoms with Crippen LogP contribution in [0.15, 0.2) is 35.4 Å². The fraction of sp³-hybridized carbons (Fsp3) is 0.500. The molecular formula is C22H33N5O6. The van der Waals surface area contributed by atoms with Crippen molar-refractivity contribution in [3.05, 3.63) is 35.9 Å². The van der Waals surface area contributed by atoms with Crippen LogP contribution in [0.1, 0.15) is 57.4 Å². The molecule has 0 aromatic heterocycles. The Balaban J connectivity index is 2.97. The second kappa shape index (κ2) is 13.8.